The minimum Gasteiger partial charge on any atom is -0.482 e. The molecule has 0 radical (unpaired) electrons. The molecule has 2 atom stereocenters. The highest BCUT2D eigenvalue weighted by Gasteiger charge is 2.39. The van der Waals surface area contributed by atoms with Gasteiger partial charge in [0.25, 0.3) is 0 Å². The summed E-state index contributed by atoms with van der Waals surface area (Å²) in [5, 5.41) is 11.0. The van der Waals surface area contributed by atoms with Crippen molar-refractivity contribution in [2.24, 2.45) is 0 Å². The average Bonchev–Trinajstić information content (AvgIpc) is 3.40. The number of ether oxygens (including phenoxy) is 2. The van der Waals surface area contributed by atoms with Gasteiger partial charge < -0.3 is 19.7 Å². The third kappa shape index (κ3) is 3.13. The number of amides is 2. The van der Waals surface area contributed by atoms with Gasteiger partial charge in [-0.15, -0.1) is 5.10 Å². The standard InChI is InChI=1S/C20H23N5O3/c26-19(22-16-13-27-14-17(16)25-12-9-21-23-25)24-10-7-20(8-11-24)6-5-15-3-1-2-4-18(15)28-20/h1-6,9,12,16-17H,7-8,10-11,13-14H2,(H,22,26)/t16-,17+/m0/s1. The Morgan fingerprint density at radius 1 is 1.21 bits per heavy atom. The predicted molar refractivity (Wildman–Crippen MR) is 102 cm³/mol. The number of hydrogen-bond donors (Lipinski definition) is 1. The summed E-state index contributed by atoms with van der Waals surface area (Å²) in [6, 6.07) is 7.86. The lowest BCUT2D eigenvalue weighted by atomic mass is 9.88. The van der Waals surface area contributed by atoms with Crippen LogP contribution in [-0.2, 0) is 4.74 Å². The summed E-state index contributed by atoms with van der Waals surface area (Å²) in [6.07, 6.45) is 9.27. The molecule has 28 heavy (non-hydrogen) atoms. The largest absolute Gasteiger partial charge is 0.482 e. The molecule has 2 amide bonds. The van der Waals surface area contributed by atoms with Crippen LogP contribution < -0.4 is 10.1 Å². The fraction of sp³-hybridized carbons (Fsp3) is 0.450. The van der Waals surface area contributed by atoms with Crippen LogP contribution in [0.5, 0.6) is 5.75 Å². The summed E-state index contributed by atoms with van der Waals surface area (Å²) >= 11 is 0. The van der Waals surface area contributed by atoms with Gasteiger partial charge >= 0.3 is 6.03 Å². The average molecular weight is 381 g/mol. The van der Waals surface area contributed by atoms with Crippen LogP contribution >= 0.6 is 0 Å². The van der Waals surface area contributed by atoms with Gasteiger partial charge in [0.1, 0.15) is 11.4 Å². The Hall–Kier alpha value is -2.87. The minimum atomic E-state index is -0.315. The lowest BCUT2D eigenvalue weighted by Gasteiger charge is -2.42. The van der Waals surface area contributed by atoms with Gasteiger partial charge in [-0.1, -0.05) is 29.5 Å². The highest BCUT2D eigenvalue weighted by atomic mass is 16.5. The molecule has 2 aromatic rings. The molecule has 2 fully saturated rings. The van der Waals surface area contributed by atoms with Crippen LogP contribution in [0.2, 0.25) is 0 Å². The third-order valence-corrected chi connectivity index (χ3v) is 5.84. The van der Waals surface area contributed by atoms with Crippen molar-refractivity contribution in [1.29, 1.82) is 0 Å². The Morgan fingerprint density at radius 3 is 2.89 bits per heavy atom. The maximum atomic E-state index is 12.8. The second-order valence-corrected chi connectivity index (χ2v) is 7.57. The Morgan fingerprint density at radius 2 is 2.07 bits per heavy atom. The van der Waals surface area contributed by atoms with Crippen LogP contribution in [0.15, 0.2) is 42.7 Å². The number of rotatable bonds is 2. The van der Waals surface area contributed by atoms with Crippen molar-refractivity contribution in [2.75, 3.05) is 26.3 Å². The molecular formula is C20H23N5O3. The Kier molecular flexibility index (Phi) is 4.27. The Balaban J connectivity index is 1.20. The van der Waals surface area contributed by atoms with Crippen LogP contribution in [-0.4, -0.2) is 63.9 Å². The summed E-state index contributed by atoms with van der Waals surface area (Å²) in [6.45, 7) is 2.31. The van der Waals surface area contributed by atoms with Crippen LogP contribution in [0.1, 0.15) is 24.4 Å². The zero-order chi connectivity index (χ0) is 19.0. The van der Waals surface area contributed by atoms with Gasteiger partial charge in [-0.25, -0.2) is 9.48 Å². The first-order valence-electron chi connectivity index (χ1n) is 9.69. The van der Waals surface area contributed by atoms with Crippen LogP contribution in [0.4, 0.5) is 4.79 Å². The molecule has 3 aliphatic rings. The molecule has 0 bridgehead atoms. The quantitative estimate of drug-likeness (QED) is 0.859. The number of likely N-dealkylation sites (tertiary alicyclic amines) is 1. The number of nitrogens with zero attached hydrogens (tertiary/aromatic N) is 4. The fourth-order valence-corrected chi connectivity index (χ4v) is 4.15. The molecule has 2 saturated heterocycles. The van der Waals surface area contributed by atoms with Crippen LogP contribution in [0, 0.1) is 0 Å². The molecule has 1 aromatic carbocycles. The van der Waals surface area contributed by atoms with E-state index >= 15 is 0 Å². The second-order valence-electron chi connectivity index (χ2n) is 7.57. The number of nitrogens with one attached hydrogen (secondary N) is 1. The third-order valence-electron chi connectivity index (χ3n) is 5.84. The molecule has 8 heteroatoms. The van der Waals surface area contributed by atoms with Gasteiger partial charge in [-0.3, -0.25) is 0 Å². The molecule has 3 aliphatic heterocycles. The Labute approximate surface area is 163 Å². The van der Waals surface area contributed by atoms with Crippen molar-refractivity contribution in [3.8, 4) is 5.75 Å². The van der Waals surface area contributed by atoms with Crippen molar-refractivity contribution in [3.05, 3.63) is 48.3 Å². The molecule has 0 aliphatic carbocycles. The summed E-state index contributed by atoms with van der Waals surface area (Å²) < 4.78 is 13.6. The number of para-hydroxylation sites is 1. The number of aromatic nitrogens is 3. The van der Waals surface area contributed by atoms with E-state index in [1.807, 2.05) is 23.1 Å². The number of hydrogen-bond acceptors (Lipinski definition) is 5. The number of carbonyl (C=O) groups is 1. The molecule has 4 heterocycles. The van der Waals surface area contributed by atoms with Crippen LogP contribution in [0.3, 0.4) is 0 Å². The van der Waals surface area contributed by atoms with Gasteiger partial charge in [0, 0.05) is 37.7 Å². The fourth-order valence-electron chi connectivity index (χ4n) is 4.15. The monoisotopic (exact) mass is 381 g/mol. The molecule has 1 N–H and O–H groups in total. The van der Waals surface area contributed by atoms with Crippen molar-refractivity contribution >= 4 is 12.1 Å². The highest BCUT2D eigenvalue weighted by molar-refractivity contribution is 5.75. The molecule has 146 valence electrons. The van der Waals surface area contributed by atoms with Crippen molar-refractivity contribution in [1.82, 2.24) is 25.2 Å². The number of carbonyl (C=O) groups excluding carboxylic acids is 1. The van der Waals surface area contributed by atoms with E-state index < -0.39 is 0 Å². The van der Waals surface area contributed by atoms with Gasteiger partial charge in [-0.05, 0) is 12.1 Å². The van der Waals surface area contributed by atoms with Crippen molar-refractivity contribution in [2.45, 2.75) is 30.5 Å². The molecule has 1 spiro atoms. The van der Waals surface area contributed by atoms with Gasteiger partial charge in [-0.2, -0.15) is 0 Å². The van der Waals surface area contributed by atoms with Crippen LogP contribution in [0.25, 0.3) is 6.08 Å². The minimum absolute atomic E-state index is 0.0244. The molecule has 5 rings (SSSR count). The molecular weight excluding hydrogens is 358 g/mol. The zero-order valence-corrected chi connectivity index (χ0v) is 15.5. The Bertz CT molecular complexity index is 874. The molecule has 1 aromatic heterocycles. The van der Waals surface area contributed by atoms with Crippen molar-refractivity contribution < 1.29 is 14.3 Å². The van der Waals surface area contributed by atoms with Gasteiger partial charge in [0.05, 0.1) is 31.5 Å². The first kappa shape index (κ1) is 17.2. The first-order chi connectivity index (χ1) is 13.7. The molecule has 0 saturated carbocycles. The van der Waals surface area contributed by atoms with Crippen molar-refractivity contribution in [3.63, 3.8) is 0 Å². The zero-order valence-electron chi connectivity index (χ0n) is 15.5. The maximum Gasteiger partial charge on any atom is 0.317 e. The highest BCUT2D eigenvalue weighted by Crippen LogP contribution is 2.36. The van der Waals surface area contributed by atoms with E-state index in [9.17, 15) is 4.79 Å². The number of benzene rings is 1. The van der Waals surface area contributed by atoms with Gasteiger partial charge in [0.2, 0.25) is 0 Å². The number of fused-ring (bicyclic) bond motifs is 1. The summed E-state index contributed by atoms with van der Waals surface area (Å²) in [4.78, 5) is 14.7. The molecule has 0 unspecified atom stereocenters. The van der Waals surface area contributed by atoms with E-state index in [4.69, 9.17) is 9.47 Å². The lowest BCUT2D eigenvalue weighted by Crippen LogP contribution is -2.54. The molecule has 8 nitrogen and oxygen atoms in total. The smallest absolute Gasteiger partial charge is 0.317 e. The number of piperidine rings is 1. The maximum absolute atomic E-state index is 12.8. The first-order valence-corrected chi connectivity index (χ1v) is 9.69. The van der Waals surface area contributed by atoms with E-state index in [1.54, 1.807) is 17.1 Å². The normalized spacial score (nSPS) is 25.4. The van der Waals surface area contributed by atoms with E-state index in [0.717, 1.165) is 24.2 Å². The van der Waals surface area contributed by atoms with E-state index in [-0.39, 0.29) is 23.7 Å². The summed E-state index contributed by atoms with van der Waals surface area (Å²) in [5.74, 6) is 0.918. The lowest BCUT2D eigenvalue weighted by molar-refractivity contribution is 0.0490. The summed E-state index contributed by atoms with van der Waals surface area (Å²) in [5.41, 5.74) is 0.791. The second kappa shape index (κ2) is 6.94. The number of urea groups is 1. The summed E-state index contributed by atoms with van der Waals surface area (Å²) in [7, 11) is 0. The van der Waals surface area contributed by atoms with Gasteiger partial charge in [0.15, 0.2) is 0 Å². The topological polar surface area (TPSA) is 81.5 Å². The van der Waals surface area contributed by atoms with E-state index in [2.05, 4.69) is 33.8 Å². The van der Waals surface area contributed by atoms with E-state index in [1.165, 1.54) is 0 Å². The predicted octanol–water partition coefficient (Wildman–Crippen LogP) is 1.87. The SMILES string of the molecule is O=C(N[C@H]1COC[C@H]1n1ccnn1)N1CCC2(C=Cc3ccccc3O2)CC1. The van der Waals surface area contributed by atoms with E-state index in [0.29, 0.717) is 26.3 Å².